The molecule has 0 bridgehead atoms. The van der Waals surface area contributed by atoms with E-state index >= 15 is 0 Å². The first-order chi connectivity index (χ1) is 15.9. The van der Waals surface area contributed by atoms with Crippen LogP contribution in [0.3, 0.4) is 0 Å². The van der Waals surface area contributed by atoms with E-state index in [1.807, 2.05) is 11.8 Å². The number of carbonyl (C=O) groups is 2. The van der Waals surface area contributed by atoms with Gasteiger partial charge in [-0.3, -0.25) is 19.0 Å². The molecule has 33 heavy (non-hydrogen) atoms. The molecule has 1 fully saturated rings. The topological polar surface area (TPSA) is 109 Å². The molecular weight excluding hydrogens is 471 g/mol. The fourth-order valence-corrected chi connectivity index (χ4v) is 4.92. The highest BCUT2D eigenvalue weighted by Crippen LogP contribution is 2.29. The summed E-state index contributed by atoms with van der Waals surface area (Å²) in [5, 5.41) is 6.11. The number of amides is 2. The number of fused-ring (bicyclic) bond motifs is 1. The summed E-state index contributed by atoms with van der Waals surface area (Å²) in [6.45, 7) is 3.45. The van der Waals surface area contributed by atoms with Crippen molar-refractivity contribution >= 4 is 55.9 Å². The first-order valence-corrected chi connectivity index (χ1v) is 11.7. The molecule has 3 aromatic rings. The molecule has 1 aliphatic rings. The minimum Gasteiger partial charge on any atom is -0.356 e. The lowest BCUT2D eigenvalue weighted by atomic mass is 9.97. The molecule has 0 radical (unpaired) electrons. The van der Waals surface area contributed by atoms with E-state index in [0.29, 0.717) is 28.6 Å². The van der Waals surface area contributed by atoms with E-state index in [4.69, 9.17) is 11.6 Å². The van der Waals surface area contributed by atoms with E-state index in [9.17, 15) is 18.8 Å². The van der Waals surface area contributed by atoms with Gasteiger partial charge in [0.2, 0.25) is 11.8 Å². The summed E-state index contributed by atoms with van der Waals surface area (Å²) in [6.07, 6.45) is 2.93. The minimum absolute atomic E-state index is 0.0241. The fraction of sp³-hybridized carbons (Fsp3) is 0.381. The highest BCUT2D eigenvalue weighted by Gasteiger charge is 2.27. The van der Waals surface area contributed by atoms with Crippen molar-refractivity contribution in [1.82, 2.24) is 19.9 Å². The predicted molar refractivity (Wildman–Crippen MR) is 125 cm³/mol. The molecule has 1 aliphatic heterocycles. The molecule has 0 unspecified atom stereocenters. The van der Waals surface area contributed by atoms with Gasteiger partial charge in [-0.15, -0.1) is 0 Å². The highest BCUT2D eigenvalue weighted by atomic mass is 35.5. The Morgan fingerprint density at radius 1 is 1.36 bits per heavy atom. The van der Waals surface area contributed by atoms with E-state index in [1.165, 1.54) is 34.4 Å². The minimum atomic E-state index is -0.518. The summed E-state index contributed by atoms with van der Waals surface area (Å²) in [5.41, 5.74) is 0.164. The number of halogens is 2. The third kappa shape index (κ3) is 5.14. The Labute approximate surface area is 197 Å². The predicted octanol–water partition coefficient (Wildman–Crippen LogP) is 2.64. The number of nitrogens with one attached hydrogen (secondary N) is 2. The van der Waals surface area contributed by atoms with Gasteiger partial charge in [-0.2, -0.15) is 4.98 Å². The van der Waals surface area contributed by atoms with Crippen molar-refractivity contribution in [2.45, 2.75) is 26.3 Å². The van der Waals surface area contributed by atoms with E-state index in [2.05, 4.69) is 20.6 Å². The van der Waals surface area contributed by atoms with Crippen LogP contribution in [0.4, 0.5) is 15.2 Å². The Balaban J connectivity index is 1.50. The Morgan fingerprint density at radius 2 is 2.18 bits per heavy atom. The second-order valence-electron chi connectivity index (χ2n) is 7.68. The Hall–Kier alpha value is -3.05. The molecule has 1 saturated heterocycles. The van der Waals surface area contributed by atoms with Crippen molar-refractivity contribution in [2.75, 3.05) is 29.9 Å². The van der Waals surface area contributed by atoms with Crippen LogP contribution >= 0.6 is 22.9 Å². The number of carbonyl (C=O) groups excluding carboxylic acids is 2. The first-order valence-electron chi connectivity index (χ1n) is 10.5. The molecule has 174 valence electrons. The van der Waals surface area contributed by atoms with Gasteiger partial charge >= 0.3 is 0 Å². The van der Waals surface area contributed by atoms with Crippen molar-refractivity contribution in [1.29, 1.82) is 0 Å². The largest absolute Gasteiger partial charge is 0.356 e. The summed E-state index contributed by atoms with van der Waals surface area (Å²) < 4.78 is 14.7. The van der Waals surface area contributed by atoms with Crippen LogP contribution < -0.4 is 21.1 Å². The van der Waals surface area contributed by atoms with E-state index < -0.39 is 11.7 Å². The number of anilines is 2. The summed E-state index contributed by atoms with van der Waals surface area (Å²) in [7, 11) is 0. The average molecular weight is 493 g/mol. The number of rotatable bonds is 6. The second-order valence-corrected chi connectivity index (χ2v) is 9.06. The van der Waals surface area contributed by atoms with Gasteiger partial charge in [0, 0.05) is 19.6 Å². The van der Waals surface area contributed by atoms with E-state index in [1.54, 1.807) is 0 Å². The van der Waals surface area contributed by atoms with Gasteiger partial charge in [-0.25, -0.2) is 9.37 Å². The lowest BCUT2D eigenvalue weighted by Crippen LogP contribution is -2.43. The number of aromatic nitrogens is 3. The first kappa shape index (κ1) is 23.1. The van der Waals surface area contributed by atoms with Crippen LogP contribution in [0.2, 0.25) is 5.02 Å². The zero-order valence-corrected chi connectivity index (χ0v) is 19.4. The van der Waals surface area contributed by atoms with Crippen LogP contribution in [0.1, 0.15) is 19.8 Å². The maximum atomic E-state index is 13.2. The lowest BCUT2D eigenvalue weighted by Gasteiger charge is -2.31. The van der Waals surface area contributed by atoms with Gasteiger partial charge in [-0.1, -0.05) is 22.9 Å². The van der Waals surface area contributed by atoms with Crippen LogP contribution in [0, 0.1) is 11.7 Å². The summed E-state index contributed by atoms with van der Waals surface area (Å²) >= 11 is 7.14. The number of hydrogen-bond acceptors (Lipinski definition) is 7. The van der Waals surface area contributed by atoms with Gasteiger partial charge in [0.25, 0.3) is 5.56 Å². The Kier molecular flexibility index (Phi) is 6.89. The van der Waals surface area contributed by atoms with Crippen LogP contribution in [0.25, 0.3) is 10.3 Å². The van der Waals surface area contributed by atoms with Gasteiger partial charge < -0.3 is 15.5 Å². The molecule has 0 aliphatic carbocycles. The van der Waals surface area contributed by atoms with Gasteiger partial charge in [0.05, 0.1) is 16.6 Å². The highest BCUT2D eigenvalue weighted by molar-refractivity contribution is 7.22. The van der Waals surface area contributed by atoms with Crippen LogP contribution in [-0.2, 0) is 16.1 Å². The van der Waals surface area contributed by atoms with Crippen LogP contribution in [0.5, 0.6) is 0 Å². The zero-order chi connectivity index (χ0) is 23.5. The molecule has 2 N–H and O–H groups in total. The SMILES string of the molecule is CCNC(=O)[C@@H]1CCCN(c2nc3ncn(CC(=O)Nc4ccc(F)cc4Cl)c(=O)c3s2)C1. The van der Waals surface area contributed by atoms with Crippen molar-refractivity contribution in [2.24, 2.45) is 5.92 Å². The maximum Gasteiger partial charge on any atom is 0.273 e. The molecule has 9 nitrogen and oxygen atoms in total. The third-order valence-corrected chi connectivity index (χ3v) is 6.71. The summed E-state index contributed by atoms with van der Waals surface area (Å²) in [6, 6.07) is 3.62. The van der Waals surface area contributed by atoms with E-state index in [0.717, 1.165) is 25.5 Å². The molecule has 0 spiro atoms. The molecule has 2 aromatic heterocycles. The smallest absolute Gasteiger partial charge is 0.273 e. The molecule has 12 heteroatoms. The third-order valence-electron chi connectivity index (χ3n) is 5.31. The monoisotopic (exact) mass is 492 g/mol. The number of thiazole rings is 1. The van der Waals surface area contributed by atoms with Crippen molar-refractivity contribution in [3.8, 4) is 0 Å². The molecule has 0 saturated carbocycles. The summed E-state index contributed by atoms with van der Waals surface area (Å²) in [4.78, 5) is 48.3. The van der Waals surface area contributed by atoms with Gasteiger partial charge in [0.1, 0.15) is 23.4 Å². The molecule has 1 aromatic carbocycles. The van der Waals surface area contributed by atoms with Gasteiger partial charge in [0.15, 0.2) is 10.8 Å². The molecule has 2 amide bonds. The summed E-state index contributed by atoms with van der Waals surface area (Å²) in [5.74, 6) is -1.12. The Morgan fingerprint density at radius 3 is 2.94 bits per heavy atom. The number of piperidine rings is 1. The van der Waals surface area contributed by atoms with Crippen LogP contribution in [-0.4, -0.2) is 46.0 Å². The average Bonchev–Trinajstić information content (AvgIpc) is 3.23. The van der Waals surface area contributed by atoms with Crippen molar-refractivity contribution < 1.29 is 14.0 Å². The van der Waals surface area contributed by atoms with E-state index in [-0.39, 0.29) is 34.6 Å². The number of benzene rings is 1. The Bertz CT molecular complexity index is 1260. The number of hydrogen-bond donors (Lipinski definition) is 2. The normalized spacial score (nSPS) is 16.1. The fourth-order valence-electron chi connectivity index (χ4n) is 3.70. The van der Waals surface area contributed by atoms with Crippen LogP contribution in [0.15, 0.2) is 29.3 Å². The molecular formula is C21H22ClFN6O3S. The molecule has 1 atom stereocenters. The maximum absolute atomic E-state index is 13.2. The second kappa shape index (κ2) is 9.84. The van der Waals surface area contributed by atoms with Crippen molar-refractivity contribution in [3.63, 3.8) is 0 Å². The number of nitrogens with zero attached hydrogens (tertiary/aromatic N) is 4. The standard InChI is InChI=1S/C21H22ClFN6O3S/c1-2-24-19(31)12-4-3-7-28(9-12)21-27-18-17(33-21)20(32)29(11-25-18)10-16(30)26-15-6-5-13(23)8-14(15)22/h5-6,8,11-12H,2-4,7,9-10H2,1H3,(H,24,31)(H,26,30)/t12-/m1/s1. The molecule has 3 heterocycles. The van der Waals surface area contributed by atoms with Gasteiger partial charge in [-0.05, 0) is 38.0 Å². The molecule has 4 rings (SSSR count). The lowest BCUT2D eigenvalue weighted by molar-refractivity contribution is -0.125. The quantitative estimate of drug-likeness (QED) is 0.547. The van der Waals surface area contributed by atoms with Crippen molar-refractivity contribution in [3.05, 3.63) is 45.7 Å². The zero-order valence-electron chi connectivity index (χ0n) is 17.8.